The Hall–Kier alpha value is -2.87. The number of hydrogen-bond donors (Lipinski definition) is 1. The largest absolute Gasteiger partial charge is 0.478 e. The number of allylic oxidation sites excluding steroid dienone is 1. The average molecular weight is 314 g/mol. The first kappa shape index (κ1) is 14.7. The fourth-order valence-electron chi connectivity index (χ4n) is 3.75. The van der Waals surface area contributed by atoms with Crippen molar-refractivity contribution < 1.29 is 9.90 Å². The molecule has 0 radical (unpaired) electrons. The second kappa shape index (κ2) is 5.97. The van der Waals surface area contributed by atoms with Gasteiger partial charge in [0, 0.05) is 12.0 Å². The molecule has 24 heavy (non-hydrogen) atoms. The lowest BCUT2D eigenvalue weighted by atomic mass is 9.75. The highest BCUT2D eigenvalue weighted by Gasteiger charge is 2.25. The van der Waals surface area contributed by atoms with Crippen LogP contribution in [-0.4, -0.2) is 11.1 Å². The van der Waals surface area contributed by atoms with Crippen LogP contribution in [0.4, 0.5) is 0 Å². The Kier molecular flexibility index (Phi) is 3.66. The van der Waals surface area contributed by atoms with E-state index in [2.05, 4.69) is 36.4 Å². The molecule has 0 aliphatic heterocycles. The third-order valence-electron chi connectivity index (χ3n) is 4.86. The molecule has 118 valence electrons. The van der Waals surface area contributed by atoms with Crippen LogP contribution in [0, 0.1) is 0 Å². The number of carboxylic acid groups (broad SMARTS) is 1. The maximum Gasteiger partial charge on any atom is 0.328 e. The minimum atomic E-state index is -0.882. The van der Waals surface area contributed by atoms with Crippen LogP contribution in [0.5, 0.6) is 0 Å². The van der Waals surface area contributed by atoms with E-state index < -0.39 is 5.97 Å². The SMILES string of the molecule is O=C(O)C=C1c2ccccc2CCC1c1ccc2ccccc2c1. The molecule has 0 amide bonds. The summed E-state index contributed by atoms with van der Waals surface area (Å²) in [5.74, 6) is -0.756. The Balaban J connectivity index is 1.85. The summed E-state index contributed by atoms with van der Waals surface area (Å²) in [4.78, 5) is 11.4. The Morgan fingerprint density at radius 1 is 0.958 bits per heavy atom. The molecular weight excluding hydrogens is 296 g/mol. The van der Waals surface area contributed by atoms with Gasteiger partial charge in [-0.3, -0.25) is 0 Å². The molecule has 0 aromatic heterocycles. The highest BCUT2D eigenvalue weighted by atomic mass is 16.4. The fraction of sp³-hybridized carbons (Fsp3) is 0.136. The van der Waals surface area contributed by atoms with Gasteiger partial charge in [0.1, 0.15) is 0 Å². The summed E-state index contributed by atoms with van der Waals surface area (Å²) >= 11 is 0. The molecule has 1 aliphatic rings. The lowest BCUT2D eigenvalue weighted by Crippen LogP contribution is -2.13. The number of fused-ring (bicyclic) bond motifs is 2. The van der Waals surface area contributed by atoms with Crippen molar-refractivity contribution in [2.45, 2.75) is 18.8 Å². The van der Waals surface area contributed by atoms with E-state index in [9.17, 15) is 9.90 Å². The zero-order valence-electron chi connectivity index (χ0n) is 13.3. The normalized spacial score (nSPS) is 18.5. The average Bonchev–Trinajstić information content (AvgIpc) is 2.61. The van der Waals surface area contributed by atoms with E-state index in [-0.39, 0.29) is 5.92 Å². The van der Waals surface area contributed by atoms with Gasteiger partial charge in [-0.15, -0.1) is 0 Å². The lowest BCUT2D eigenvalue weighted by Gasteiger charge is -2.28. The first-order valence-corrected chi connectivity index (χ1v) is 8.24. The molecule has 2 nitrogen and oxygen atoms in total. The van der Waals surface area contributed by atoms with Crippen LogP contribution in [0.3, 0.4) is 0 Å². The molecule has 1 atom stereocenters. The van der Waals surface area contributed by atoms with Crippen LogP contribution in [0.1, 0.15) is 29.0 Å². The molecule has 1 N–H and O–H groups in total. The summed E-state index contributed by atoms with van der Waals surface area (Å²) in [6.45, 7) is 0. The summed E-state index contributed by atoms with van der Waals surface area (Å²) in [6, 6.07) is 22.9. The van der Waals surface area contributed by atoms with Crippen molar-refractivity contribution in [2.24, 2.45) is 0 Å². The molecule has 2 heteroatoms. The van der Waals surface area contributed by atoms with Crippen LogP contribution in [-0.2, 0) is 11.2 Å². The molecule has 0 bridgehead atoms. The summed E-state index contributed by atoms with van der Waals surface area (Å²) in [5, 5.41) is 11.8. The third kappa shape index (κ3) is 2.61. The molecule has 0 saturated carbocycles. The summed E-state index contributed by atoms with van der Waals surface area (Å²) < 4.78 is 0. The van der Waals surface area contributed by atoms with Gasteiger partial charge in [-0.2, -0.15) is 0 Å². The van der Waals surface area contributed by atoms with Gasteiger partial charge in [-0.1, -0.05) is 66.7 Å². The fourth-order valence-corrected chi connectivity index (χ4v) is 3.75. The molecule has 0 fully saturated rings. The zero-order chi connectivity index (χ0) is 16.5. The quantitative estimate of drug-likeness (QED) is 0.673. The Morgan fingerprint density at radius 2 is 1.71 bits per heavy atom. The van der Waals surface area contributed by atoms with Gasteiger partial charge in [0.2, 0.25) is 0 Å². The second-order valence-corrected chi connectivity index (χ2v) is 6.29. The minimum absolute atomic E-state index is 0.126. The van der Waals surface area contributed by atoms with Crippen LogP contribution in [0.2, 0.25) is 0 Å². The Bertz CT molecular complexity index is 953. The predicted molar refractivity (Wildman–Crippen MR) is 97.1 cm³/mol. The van der Waals surface area contributed by atoms with Crippen molar-refractivity contribution >= 4 is 22.3 Å². The van der Waals surface area contributed by atoms with Crippen molar-refractivity contribution in [3.05, 3.63) is 89.5 Å². The van der Waals surface area contributed by atoms with E-state index in [4.69, 9.17) is 0 Å². The maximum atomic E-state index is 11.4. The second-order valence-electron chi connectivity index (χ2n) is 6.29. The van der Waals surface area contributed by atoms with Gasteiger partial charge in [0.25, 0.3) is 0 Å². The summed E-state index contributed by atoms with van der Waals surface area (Å²) in [5.41, 5.74) is 4.42. The van der Waals surface area contributed by atoms with Crippen molar-refractivity contribution in [2.75, 3.05) is 0 Å². The van der Waals surface area contributed by atoms with Crippen LogP contribution in [0.15, 0.2) is 72.8 Å². The standard InChI is InChI=1S/C22H18O2/c23-22(24)14-21-19-8-4-3-6-16(19)11-12-20(21)18-10-9-15-5-1-2-7-17(15)13-18/h1-10,13-14,20H,11-12H2,(H,23,24). The smallest absolute Gasteiger partial charge is 0.328 e. The number of aryl methyl sites for hydroxylation is 1. The van der Waals surface area contributed by atoms with Crippen LogP contribution >= 0.6 is 0 Å². The monoisotopic (exact) mass is 314 g/mol. The number of benzene rings is 3. The predicted octanol–water partition coefficient (Wildman–Crippen LogP) is 5.04. The van der Waals surface area contributed by atoms with E-state index in [1.807, 2.05) is 30.3 Å². The Morgan fingerprint density at radius 3 is 2.54 bits per heavy atom. The molecular formula is C22H18O2. The van der Waals surface area contributed by atoms with Gasteiger partial charge in [-0.25, -0.2) is 4.79 Å². The maximum absolute atomic E-state index is 11.4. The van der Waals surface area contributed by atoms with E-state index in [0.717, 1.165) is 24.0 Å². The molecule has 3 aromatic carbocycles. The topological polar surface area (TPSA) is 37.3 Å². The number of rotatable bonds is 2. The molecule has 0 heterocycles. The van der Waals surface area contributed by atoms with Gasteiger partial charge in [0.15, 0.2) is 0 Å². The third-order valence-corrected chi connectivity index (χ3v) is 4.86. The summed E-state index contributed by atoms with van der Waals surface area (Å²) in [6.07, 6.45) is 3.30. The lowest BCUT2D eigenvalue weighted by molar-refractivity contribution is -0.131. The van der Waals surface area contributed by atoms with Crippen molar-refractivity contribution in [1.82, 2.24) is 0 Å². The Labute approximate surface area is 141 Å². The molecule has 3 aromatic rings. The van der Waals surface area contributed by atoms with Crippen LogP contribution in [0.25, 0.3) is 16.3 Å². The van der Waals surface area contributed by atoms with Crippen molar-refractivity contribution in [1.29, 1.82) is 0 Å². The van der Waals surface area contributed by atoms with Crippen molar-refractivity contribution in [3.63, 3.8) is 0 Å². The first-order chi connectivity index (χ1) is 11.7. The first-order valence-electron chi connectivity index (χ1n) is 8.24. The van der Waals surface area contributed by atoms with E-state index in [1.54, 1.807) is 0 Å². The van der Waals surface area contributed by atoms with E-state index in [1.165, 1.54) is 28.0 Å². The van der Waals surface area contributed by atoms with E-state index >= 15 is 0 Å². The highest BCUT2D eigenvalue weighted by molar-refractivity contribution is 5.93. The van der Waals surface area contributed by atoms with Gasteiger partial charge >= 0.3 is 5.97 Å². The van der Waals surface area contributed by atoms with Crippen molar-refractivity contribution in [3.8, 4) is 0 Å². The highest BCUT2D eigenvalue weighted by Crippen LogP contribution is 2.42. The molecule has 0 spiro atoms. The van der Waals surface area contributed by atoms with Gasteiger partial charge in [0.05, 0.1) is 0 Å². The number of carboxylic acids is 1. The molecule has 0 saturated heterocycles. The number of aliphatic carboxylic acids is 1. The summed E-state index contributed by atoms with van der Waals surface area (Å²) in [7, 11) is 0. The zero-order valence-corrected chi connectivity index (χ0v) is 13.3. The molecule has 1 unspecified atom stereocenters. The number of carbonyl (C=O) groups is 1. The van der Waals surface area contributed by atoms with Gasteiger partial charge < -0.3 is 5.11 Å². The van der Waals surface area contributed by atoms with E-state index in [0.29, 0.717) is 0 Å². The number of hydrogen-bond acceptors (Lipinski definition) is 1. The molecule has 1 aliphatic carbocycles. The molecule has 4 rings (SSSR count). The minimum Gasteiger partial charge on any atom is -0.478 e. The van der Waals surface area contributed by atoms with Gasteiger partial charge in [-0.05, 0) is 45.9 Å². The van der Waals surface area contributed by atoms with Crippen LogP contribution < -0.4 is 0 Å².